The maximum absolute atomic E-state index is 13.8. The Labute approximate surface area is 216 Å². The third-order valence-electron chi connectivity index (χ3n) is 7.40. The van der Waals surface area contributed by atoms with E-state index in [1.54, 1.807) is 29.8 Å². The van der Waals surface area contributed by atoms with Crippen LogP contribution >= 0.6 is 0 Å². The number of halogens is 1. The second-order valence-electron chi connectivity index (χ2n) is 10.0. The fourth-order valence-electron chi connectivity index (χ4n) is 5.50. The number of rotatable bonds is 4. The zero-order chi connectivity index (χ0) is 26.3. The number of nitrogens with zero attached hydrogens (tertiary/aromatic N) is 5. The number of pyridine rings is 2. The van der Waals surface area contributed by atoms with Crippen LogP contribution in [-0.2, 0) is 7.05 Å². The highest BCUT2D eigenvalue weighted by Crippen LogP contribution is 2.36. The first kappa shape index (κ1) is 24.7. The SMILES string of the molecule is Cc1cccc(C(c2ccc(F)cc2)N2C[C@H](C)N(c3cc(=O)n(C)c4ccc(C#N)nc34)CC2C)c1. The van der Waals surface area contributed by atoms with Crippen molar-refractivity contribution in [2.45, 2.75) is 38.9 Å². The highest BCUT2D eigenvalue weighted by atomic mass is 19.1. The van der Waals surface area contributed by atoms with Gasteiger partial charge in [0.1, 0.15) is 23.1 Å². The first-order valence-corrected chi connectivity index (χ1v) is 12.5. The summed E-state index contributed by atoms with van der Waals surface area (Å²) in [6.07, 6.45) is 0. The number of hydrogen-bond donors (Lipinski definition) is 0. The molecule has 0 N–H and O–H groups in total. The molecule has 0 spiro atoms. The smallest absolute Gasteiger partial charge is 0.252 e. The molecular formula is C30H30FN5O. The predicted molar refractivity (Wildman–Crippen MR) is 144 cm³/mol. The number of aryl methyl sites for hydroxylation is 2. The summed E-state index contributed by atoms with van der Waals surface area (Å²) in [5.74, 6) is -0.250. The molecule has 0 aliphatic carbocycles. The Morgan fingerprint density at radius 1 is 1.00 bits per heavy atom. The summed E-state index contributed by atoms with van der Waals surface area (Å²) in [6.45, 7) is 7.81. The Morgan fingerprint density at radius 2 is 1.76 bits per heavy atom. The Balaban J connectivity index is 1.56. The average Bonchev–Trinajstić information content (AvgIpc) is 2.89. The molecule has 0 amide bonds. The fourth-order valence-corrected chi connectivity index (χ4v) is 5.50. The molecule has 37 heavy (non-hydrogen) atoms. The molecule has 0 bridgehead atoms. The van der Waals surface area contributed by atoms with Gasteiger partial charge in [-0.1, -0.05) is 42.0 Å². The summed E-state index contributed by atoms with van der Waals surface area (Å²) in [4.78, 5) is 22.1. The Morgan fingerprint density at radius 3 is 2.46 bits per heavy atom. The third kappa shape index (κ3) is 4.61. The van der Waals surface area contributed by atoms with Gasteiger partial charge in [-0.2, -0.15) is 5.26 Å². The van der Waals surface area contributed by atoms with Crippen LogP contribution in [0.5, 0.6) is 0 Å². The van der Waals surface area contributed by atoms with E-state index in [1.807, 2.05) is 12.1 Å². The third-order valence-corrected chi connectivity index (χ3v) is 7.40. The minimum absolute atomic E-state index is 0.0381. The van der Waals surface area contributed by atoms with Crippen LogP contribution in [0, 0.1) is 24.1 Å². The monoisotopic (exact) mass is 495 g/mol. The fraction of sp³-hybridized carbons (Fsp3) is 0.300. The highest BCUT2D eigenvalue weighted by Gasteiger charge is 2.36. The molecule has 1 aliphatic heterocycles. The lowest BCUT2D eigenvalue weighted by molar-refractivity contribution is 0.130. The number of anilines is 1. The molecule has 1 saturated heterocycles. The summed E-state index contributed by atoms with van der Waals surface area (Å²) in [6, 6.07) is 22.6. The lowest BCUT2D eigenvalue weighted by atomic mass is 9.92. The number of nitriles is 1. The van der Waals surface area contributed by atoms with Crippen molar-refractivity contribution >= 4 is 16.7 Å². The zero-order valence-corrected chi connectivity index (χ0v) is 21.5. The lowest BCUT2D eigenvalue weighted by Gasteiger charge is -2.48. The normalized spacial score (nSPS) is 19.1. The van der Waals surface area contributed by atoms with E-state index in [-0.39, 0.29) is 29.5 Å². The molecule has 188 valence electrons. The van der Waals surface area contributed by atoms with Crippen molar-refractivity contribution in [3.63, 3.8) is 0 Å². The number of aromatic nitrogens is 2. The van der Waals surface area contributed by atoms with E-state index < -0.39 is 0 Å². The maximum atomic E-state index is 13.8. The Bertz CT molecular complexity index is 1560. The van der Waals surface area contributed by atoms with Gasteiger partial charge in [-0.3, -0.25) is 9.69 Å². The molecule has 2 aromatic heterocycles. The number of piperazine rings is 1. The van der Waals surface area contributed by atoms with Crippen LogP contribution in [0.15, 0.2) is 71.5 Å². The van der Waals surface area contributed by atoms with E-state index >= 15 is 0 Å². The molecule has 2 aromatic carbocycles. The van der Waals surface area contributed by atoms with Crippen LogP contribution in [0.2, 0.25) is 0 Å². The van der Waals surface area contributed by atoms with Gasteiger partial charge in [0, 0.05) is 38.3 Å². The lowest BCUT2D eigenvalue weighted by Crippen LogP contribution is -2.57. The second kappa shape index (κ2) is 9.79. The van der Waals surface area contributed by atoms with Gasteiger partial charge in [0.05, 0.1) is 17.2 Å². The Hall–Kier alpha value is -4.02. The van der Waals surface area contributed by atoms with Crippen LogP contribution in [0.1, 0.15) is 42.3 Å². The molecule has 4 aromatic rings. The molecule has 0 saturated carbocycles. The topological polar surface area (TPSA) is 65.2 Å². The van der Waals surface area contributed by atoms with Crippen molar-refractivity contribution in [1.82, 2.24) is 14.5 Å². The summed E-state index contributed by atoms with van der Waals surface area (Å²) < 4.78 is 15.4. The number of fused-ring (bicyclic) bond motifs is 1. The van der Waals surface area contributed by atoms with Crippen LogP contribution in [-0.4, -0.2) is 39.6 Å². The molecular weight excluding hydrogens is 465 g/mol. The van der Waals surface area contributed by atoms with Crippen molar-refractivity contribution < 1.29 is 4.39 Å². The maximum Gasteiger partial charge on any atom is 0.252 e. The van der Waals surface area contributed by atoms with Gasteiger partial charge in [-0.05, 0) is 56.2 Å². The van der Waals surface area contributed by atoms with E-state index in [9.17, 15) is 14.4 Å². The first-order chi connectivity index (χ1) is 17.8. The van der Waals surface area contributed by atoms with Crippen LogP contribution in [0.3, 0.4) is 0 Å². The van der Waals surface area contributed by atoms with Crippen LogP contribution < -0.4 is 10.5 Å². The molecule has 0 radical (unpaired) electrons. The van der Waals surface area contributed by atoms with E-state index in [0.717, 1.165) is 17.8 Å². The minimum Gasteiger partial charge on any atom is -0.364 e. The summed E-state index contributed by atoms with van der Waals surface area (Å²) in [7, 11) is 1.72. The zero-order valence-electron chi connectivity index (χ0n) is 21.5. The number of hydrogen-bond acceptors (Lipinski definition) is 5. The molecule has 1 aliphatic rings. The quantitative estimate of drug-likeness (QED) is 0.401. The van der Waals surface area contributed by atoms with Crippen LogP contribution in [0.25, 0.3) is 11.0 Å². The standard InChI is InChI=1S/C30H30FN5O/c1-19-6-5-7-23(14-19)30(22-8-10-24(31)11-9-22)36-18-20(2)35(17-21(36)3)27-15-28(37)34(4)26-13-12-25(16-32)33-29(26)27/h5-15,20-21,30H,17-18H2,1-4H3/t20-,21?,30?/m0/s1. The summed E-state index contributed by atoms with van der Waals surface area (Å²) in [5, 5.41) is 9.44. The molecule has 1 fully saturated rings. The molecule has 3 heterocycles. The second-order valence-corrected chi connectivity index (χ2v) is 10.0. The van der Waals surface area contributed by atoms with Gasteiger partial charge < -0.3 is 9.47 Å². The van der Waals surface area contributed by atoms with Gasteiger partial charge in [-0.25, -0.2) is 9.37 Å². The molecule has 6 nitrogen and oxygen atoms in total. The summed E-state index contributed by atoms with van der Waals surface area (Å²) >= 11 is 0. The largest absolute Gasteiger partial charge is 0.364 e. The number of benzene rings is 2. The Kier molecular flexibility index (Phi) is 6.53. The highest BCUT2D eigenvalue weighted by molar-refractivity contribution is 5.89. The van der Waals surface area contributed by atoms with Crippen molar-refractivity contribution in [2.24, 2.45) is 7.05 Å². The van der Waals surface area contributed by atoms with Crippen molar-refractivity contribution in [2.75, 3.05) is 18.0 Å². The molecule has 7 heteroatoms. The summed E-state index contributed by atoms with van der Waals surface area (Å²) in [5.41, 5.74) is 5.70. The van der Waals surface area contributed by atoms with E-state index in [2.05, 4.69) is 65.9 Å². The minimum atomic E-state index is -0.250. The molecule has 3 atom stereocenters. The van der Waals surface area contributed by atoms with Crippen molar-refractivity contribution in [3.05, 3.63) is 105 Å². The first-order valence-electron chi connectivity index (χ1n) is 12.5. The predicted octanol–water partition coefficient (Wildman–Crippen LogP) is 4.94. The van der Waals surface area contributed by atoms with Gasteiger partial charge in [0.15, 0.2) is 0 Å². The van der Waals surface area contributed by atoms with Gasteiger partial charge in [-0.15, -0.1) is 0 Å². The van der Waals surface area contributed by atoms with Gasteiger partial charge >= 0.3 is 0 Å². The molecule has 5 rings (SSSR count). The van der Waals surface area contributed by atoms with E-state index in [1.165, 1.54) is 23.3 Å². The van der Waals surface area contributed by atoms with Crippen molar-refractivity contribution in [1.29, 1.82) is 5.26 Å². The van der Waals surface area contributed by atoms with E-state index in [0.29, 0.717) is 23.3 Å². The van der Waals surface area contributed by atoms with E-state index in [4.69, 9.17) is 0 Å². The molecule has 2 unspecified atom stereocenters. The van der Waals surface area contributed by atoms with Crippen molar-refractivity contribution in [3.8, 4) is 6.07 Å². The van der Waals surface area contributed by atoms with Gasteiger partial charge in [0.25, 0.3) is 5.56 Å². The van der Waals surface area contributed by atoms with Crippen LogP contribution in [0.4, 0.5) is 10.1 Å². The average molecular weight is 496 g/mol. The van der Waals surface area contributed by atoms with Gasteiger partial charge in [0.2, 0.25) is 0 Å².